The minimum Gasteiger partial charge on any atom is -0.494 e. The first-order valence-corrected chi connectivity index (χ1v) is 9.52. The molecule has 0 aliphatic carbocycles. The first kappa shape index (κ1) is 19.2. The molecule has 0 saturated carbocycles. The quantitative estimate of drug-likeness (QED) is 0.753. The second-order valence-electron chi connectivity index (χ2n) is 6.68. The second kappa shape index (κ2) is 10.0. The molecule has 0 amide bonds. The van der Waals surface area contributed by atoms with Gasteiger partial charge in [0.25, 0.3) is 0 Å². The SMILES string of the molecule is CCOc1ccc(CN2CCN(C(CC)CC)CC2CCO)cc1. The molecule has 1 fully saturated rings. The number of rotatable bonds is 9. The number of aliphatic hydroxyl groups excluding tert-OH is 1. The molecule has 136 valence electrons. The smallest absolute Gasteiger partial charge is 0.119 e. The molecule has 1 atom stereocenters. The molecule has 1 saturated heterocycles. The third kappa shape index (κ3) is 5.20. The van der Waals surface area contributed by atoms with E-state index in [-0.39, 0.29) is 6.61 Å². The van der Waals surface area contributed by atoms with Gasteiger partial charge in [0.05, 0.1) is 6.61 Å². The zero-order valence-corrected chi connectivity index (χ0v) is 15.6. The van der Waals surface area contributed by atoms with Gasteiger partial charge in [-0.3, -0.25) is 9.80 Å². The number of hydrogen-bond acceptors (Lipinski definition) is 4. The summed E-state index contributed by atoms with van der Waals surface area (Å²) < 4.78 is 5.52. The van der Waals surface area contributed by atoms with Crippen molar-refractivity contribution in [3.05, 3.63) is 29.8 Å². The summed E-state index contributed by atoms with van der Waals surface area (Å²) >= 11 is 0. The van der Waals surface area contributed by atoms with Crippen molar-refractivity contribution >= 4 is 0 Å². The Morgan fingerprint density at radius 1 is 1.12 bits per heavy atom. The van der Waals surface area contributed by atoms with Crippen molar-refractivity contribution in [1.29, 1.82) is 0 Å². The van der Waals surface area contributed by atoms with E-state index in [1.165, 1.54) is 18.4 Å². The zero-order valence-electron chi connectivity index (χ0n) is 15.6. The highest BCUT2D eigenvalue weighted by atomic mass is 16.5. The summed E-state index contributed by atoms with van der Waals surface area (Å²) in [6.45, 7) is 11.8. The maximum atomic E-state index is 9.48. The Balaban J connectivity index is 1.98. The van der Waals surface area contributed by atoms with Crippen LogP contribution in [0.3, 0.4) is 0 Å². The fourth-order valence-corrected chi connectivity index (χ4v) is 3.78. The molecule has 1 aliphatic heterocycles. The summed E-state index contributed by atoms with van der Waals surface area (Å²) in [5.41, 5.74) is 1.32. The predicted octanol–water partition coefficient (Wildman–Crippen LogP) is 3.14. The van der Waals surface area contributed by atoms with Crippen LogP contribution >= 0.6 is 0 Å². The molecule has 1 N–H and O–H groups in total. The maximum Gasteiger partial charge on any atom is 0.119 e. The molecule has 1 aromatic carbocycles. The Bertz CT molecular complexity index is 459. The maximum absolute atomic E-state index is 9.48. The standard InChI is InChI=1S/C20H34N2O2/c1-4-18(5-2)22-13-12-21(19(16-22)11-14-23)15-17-7-9-20(10-8-17)24-6-3/h7-10,18-19,23H,4-6,11-16H2,1-3H3. The van der Waals surface area contributed by atoms with Crippen molar-refractivity contribution in [3.63, 3.8) is 0 Å². The second-order valence-corrected chi connectivity index (χ2v) is 6.68. The number of hydrogen-bond donors (Lipinski definition) is 1. The zero-order chi connectivity index (χ0) is 17.4. The number of ether oxygens (including phenoxy) is 1. The Kier molecular flexibility index (Phi) is 8.03. The molecule has 0 aromatic heterocycles. The van der Waals surface area contributed by atoms with Gasteiger partial charge in [0, 0.05) is 44.9 Å². The lowest BCUT2D eigenvalue weighted by Gasteiger charge is -2.44. The minimum absolute atomic E-state index is 0.265. The predicted molar refractivity (Wildman–Crippen MR) is 99.5 cm³/mol. The summed E-state index contributed by atoms with van der Waals surface area (Å²) in [6, 6.07) is 9.55. The molecular weight excluding hydrogens is 300 g/mol. The molecule has 24 heavy (non-hydrogen) atoms. The molecule has 1 unspecified atom stereocenters. The van der Waals surface area contributed by atoms with E-state index in [1.54, 1.807) is 0 Å². The van der Waals surface area contributed by atoms with Crippen LogP contribution in [0.5, 0.6) is 5.75 Å². The van der Waals surface area contributed by atoms with Crippen LogP contribution in [0, 0.1) is 0 Å². The van der Waals surface area contributed by atoms with Gasteiger partial charge < -0.3 is 9.84 Å². The van der Waals surface area contributed by atoms with E-state index in [9.17, 15) is 5.11 Å². The highest BCUT2D eigenvalue weighted by Crippen LogP contribution is 2.21. The average molecular weight is 335 g/mol. The van der Waals surface area contributed by atoms with Crippen LogP contribution in [0.4, 0.5) is 0 Å². The van der Waals surface area contributed by atoms with Gasteiger partial charge in [0.15, 0.2) is 0 Å². The van der Waals surface area contributed by atoms with Gasteiger partial charge in [0.2, 0.25) is 0 Å². The van der Waals surface area contributed by atoms with E-state index in [0.717, 1.165) is 38.3 Å². The van der Waals surface area contributed by atoms with Crippen LogP contribution < -0.4 is 4.74 Å². The highest BCUT2D eigenvalue weighted by molar-refractivity contribution is 5.27. The fraction of sp³-hybridized carbons (Fsp3) is 0.700. The van der Waals surface area contributed by atoms with E-state index < -0.39 is 0 Å². The summed E-state index contributed by atoms with van der Waals surface area (Å²) in [5, 5.41) is 9.48. The van der Waals surface area contributed by atoms with E-state index in [0.29, 0.717) is 18.7 Å². The average Bonchev–Trinajstić information content (AvgIpc) is 2.60. The van der Waals surface area contributed by atoms with Gasteiger partial charge in [-0.15, -0.1) is 0 Å². The molecule has 1 aliphatic rings. The normalized spacial score (nSPS) is 19.8. The van der Waals surface area contributed by atoms with Crippen LogP contribution in [0.2, 0.25) is 0 Å². The number of benzene rings is 1. The van der Waals surface area contributed by atoms with Crippen molar-refractivity contribution in [2.45, 2.75) is 58.7 Å². The van der Waals surface area contributed by atoms with Gasteiger partial charge in [-0.2, -0.15) is 0 Å². The van der Waals surface area contributed by atoms with Crippen LogP contribution in [0.15, 0.2) is 24.3 Å². The third-order valence-electron chi connectivity index (χ3n) is 5.18. The van der Waals surface area contributed by atoms with Crippen molar-refractivity contribution in [3.8, 4) is 5.75 Å². The van der Waals surface area contributed by atoms with Crippen LogP contribution in [-0.4, -0.2) is 59.8 Å². The van der Waals surface area contributed by atoms with Crippen molar-refractivity contribution in [2.24, 2.45) is 0 Å². The lowest BCUT2D eigenvalue weighted by atomic mass is 10.0. The van der Waals surface area contributed by atoms with Crippen molar-refractivity contribution in [2.75, 3.05) is 32.8 Å². The monoisotopic (exact) mass is 334 g/mol. The van der Waals surface area contributed by atoms with E-state index >= 15 is 0 Å². The van der Waals surface area contributed by atoms with E-state index in [1.807, 2.05) is 6.92 Å². The number of aliphatic hydroxyl groups is 1. The van der Waals surface area contributed by atoms with Gasteiger partial charge >= 0.3 is 0 Å². The van der Waals surface area contributed by atoms with Crippen LogP contribution in [0.1, 0.15) is 45.6 Å². The summed E-state index contributed by atoms with van der Waals surface area (Å²) in [6.07, 6.45) is 3.27. The Morgan fingerprint density at radius 3 is 2.42 bits per heavy atom. The molecule has 4 nitrogen and oxygen atoms in total. The molecule has 4 heteroatoms. The first-order chi connectivity index (χ1) is 11.7. The van der Waals surface area contributed by atoms with Gasteiger partial charge in [-0.1, -0.05) is 26.0 Å². The Morgan fingerprint density at radius 2 is 1.83 bits per heavy atom. The third-order valence-corrected chi connectivity index (χ3v) is 5.18. The lowest BCUT2D eigenvalue weighted by molar-refractivity contribution is 0.0293. The largest absolute Gasteiger partial charge is 0.494 e. The Hall–Kier alpha value is -1.10. The molecule has 0 bridgehead atoms. The summed E-state index contributed by atoms with van der Waals surface area (Å²) in [4.78, 5) is 5.15. The van der Waals surface area contributed by atoms with E-state index in [4.69, 9.17) is 4.74 Å². The van der Waals surface area contributed by atoms with Gasteiger partial charge in [-0.25, -0.2) is 0 Å². The molecule has 1 aromatic rings. The molecule has 0 radical (unpaired) electrons. The lowest BCUT2D eigenvalue weighted by Crippen LogP contribution is -2.55. The number of nitrogens with zero attached hydrogens (tertiary/aromatic N) is 2. The van der Waals surface area contributed by atoms with Gasteiger partial charge in [-0.05, 0) is 43.9 Å². The van der Waals surface area contributed by atoms with E-state index in [2.05, 4.69) is 47.9 Å². The highest BCUT2D eigenvalue weighted by Gasteiger charge is 2.29. The molecule has 1 heterocycles. The van der Waals surface area contributed by atoms with Crippen molar-refractivity contribution < 1.29 is 9.84 Å². The Labute approximate surface area is 147 Å². The fourth-order valence-electron chi connectivity index (χ4n) is 3.78. The first-order valence-electron chi connectivity index (χ1n) is 9.52. The summed E-state index contributed by atoms with van der Waals surface area (Å²) in [5.74, 6) is 0.937. The molecular formula is C20H34N2O2. The van der Waals surface area contributed by atoms with Crippen LogP contribution in [0.25, 0.3) is 0 Å². The molecule has 0 spiro atoms. The summed E-state index contributed by atoms with van der Waals surface area (Å²) in [7, 11) is 0. The minimum atomic E-state index is 0.265. The van der Waals surface area contributed by atoms with Crippen molar-refractivity contribution in [1.82, 2.24) is 9.80 Å². The topological polar surface area (TPSA) is 35.9 Å². The number of piperazine rings is 1. The van der Waals surface area contributed by atoms with Crippen LogP contribution in [-0.2, 0) is 6.54 Å². The molecule has 2 rings (SSSR count). The van der Waals surface area contributed by atoms with Gasteiger partial charge in [0.1, 0.15) is 5.75 Å².